The lowest BCUT2D eigenvalue weighted by molar-refractivity contribution is -0.122. The van der Waals surface area contributed by atoms with E-state index in [1.54, 1.807) is 0 Å². The molecule has 2 heteroatoms. The summed E-state index contributed by atoms with van der Waals surface area (Å²) in [5.41, 5.74) is 1.18. The zero-order valence-electron chi connectivity index (χ0n) is 10.8. The van der Waals surface area contributed by atoms with Crippen LogP contribution in [0.4, 0.5) is 0 Å². The predicted octanol–water partition coefficient (Wildman–Crippen LogP) is 3.13. The fraction of sp³-hybridized carbons (Fsp3) is 0.562. The summed E-state index contributed by atoms with van der Waals surface area (Å²) in [7, 11) is 0. The lowest BCUT2D eigenvalue weighted by Crippen LogP contribution is -2.26. The Balaban J connectivity index is 1.45. The molecule has 2 nitrogen and oxygen atoms in total. The molecular weight excluding hydrogens is 222 g/mol. The van der Waals surface area contributed by atoms with Crippen LogP contribution in [0, 0.1) is 17.8 Å². The maximum Gasteiger partial charge on any atom is 0.220 e. The highest BCUT2D eigenvalue weighted by Gasteiger charge is 2.39. The Hall–Kier alpha value is -1.31. The van der Waals surface area contributed by atoms with Gasteiger partial charge in [-0.05, 0) is 42.6 Å². The minimum Gasteiger partial charge on any atom is -0.352 e. The molecule has 0 radical (unpaired) electrons. The first-order valence-electron chi connectivity index (χ1n) is 7.12. The van der Waals surface area contributed by atoms with E-state index in [4.69, 9.17) is 0 Å². The normalized spacial score (nSPS) is 29.4. The Kier molecular flexibility index (Phi) is 3.35. The molecule has 2 fully saturated rings. The van der Waals surface area contributed by atoms with E-state index in [0.717, 1.165) is 18.3 Å². The van der Waals surface area contributed by atoms with Gasteiger partial charge in [-0.25, -0.2) is 0 Å². The molecule has 2 saturated carbocycles. The van der Waals surface area contributed by atoms with Crippen LogP contribution in [0.3, 0.4) is 0 Å². The third-order valence-electron chi connectivity index (χ3n) is 4.66. The second-order valence-electron chi connectivity index (χ2n) is 5.90. The van der Waals surface area contributed by atoms with Crippen molar-refractivity contribution >= 4 is 5.91 Å². The van der Waals surface area contributed by atoms with Gasteiger partial charge in [0, 0.05) is 13.0 Å². The molecule has 0 unspecified atom stereocenters. The van der Waals surface area contributed by atoms with Gasteiger partial charge in [0.05, 0.1) is 0 Å². The Morgan fingerprint density at radius 3 is 2.67 bits per heavy atom. The Bertz CT molecular complexity index is 414. The monoisotopic (exact) mass is 243 g/mol. The zero-order valence-corrected chi connectivity index (χ0v) is 10.8. The Morgan fingerprint density at radius 2 is 2.00 bits per heavy atom. The van der Waals surface area contributed by atoms with Crippen LogP contribution in [0.25, 0.3) is 0 Å². The topological polar surface area (TPSA) is 29.1 Å². The summed E-state index contributed by atoms with van der Waals surface area (Å²) < 4.78 is 0. The second kappa shape index (κ2) is 5.13. The first kappa shape index (κ1) is 11.8. The number of hydrogen-bond donors (Lipinski definition) is 1. The van der Waals surface area contributed by atoms with Crippen LogP contribution in [0.1, 0.15) is 37.7 Å². The van der Waals surface area contributed by atoms with E-state index in [1.807, 2.05) is 18.2 Å². The molecule has 1 N–H and O–H groups in total. The van der Waals surface area contributed by atoms with Gasteiger partial charge >= 0.3 is 0 Å². The molecule has 3 rings (SSSR count). The minimum absolute atomic E-state index is 0.233. The summed E-state index contributed by atoms with van der Waals surface area (Å²) in [5.74, 6) is 2.68. The van der Waals surface area contributed by atoms with Crippen molar-refractivity contribution in [3.63, 3.8) is 0 Å². The molecule has 0 spiro atoms. The fourth-order valence-corrected chi connectivity index (χ4v) is 3.73. The van der Waals surface area contributed by atoms with Crippen LogP contribution >= 0.6 is 0 Å². The highest BCUT2D eigenvalue weighted by Crippen LogP contribution is 2.49. The van der Waals surface area contributed by atoms with E-state index in [9.17, 15) is 4.79 Å². The minimum atomic E-state index is 0.233. The average Bonchev–Trinajstić information content (AvgIpc) is 3.00. The van der Waals surface area contributed by atoms with Crippen molar-refractivity contribution in [2.75, 3.05) is 0 Å². The average molecular weight is 243 g/mol. The summed E-state index contributed by atoms with van der Waals surface area (Å²) in [4.78, 5) is 11.9. The number of rotatable bonds is 4. The van der Waals surface area contributed by atoms with Crippen molar-refractivity contribution in [2.24, 2.45) is 17.8 Å². The molecule has 1 amide bonds. The number of carbonyl (C=O) groups is 1. The van der Waals surface area contributed by atoms with Crippen LogP contribution in [-0.4, -0.2) is 5.91 Å². The van der Waals surface area contributed by atoms with Crippen molar-refractivity contribution < 1.29 is 4.79 Å². The van der Waals surface area contributed by atoms with Gasteiger partial charge in [-0.1, -0.05) is 36.8 Å². The molecule has 2 aliphatic carbocycles. The summed E-state index contributed by atoms with van der Waals surface area (Å²) >= 11 is 0. The first-order chi connectivity index (χ1) is 8.81. The summed E-state index contributed by atoms with van der Waals surface area (Å²) in [6.45, 7) is 0.667. The van der Waals surface area contributed by atoms with Crippen molar-refractivity contribution in [2.45, 2.75) is 38.6 Å². The molecule has 96 valence electrons. The molecule has 0 aliphatic heterocycles. The Labute approximate surface area is 109 Å². The quantitative estimate of drug-likeness (QED) is 0.865. The van der Waals surface area contributed by atoms with Crippen molar-refractivity contribution in [1.82, 2.24) is 5.32 Å². The van der Waals surface area contributed by atoms with Crippen molar-refractivity contribution in [1.29, 1.82) is 0 Å². The van der Waals surface area contributed by atoms with Gasteiger partial charge < -0.3 is 5.32 Å². The number of hydrogen-bond acceptors (Lipinski definition) is 1. The number of nitrogens with one attached hydrogen (secondary N) is 1. The van der Waals surface area contributed by atoms with Gasteiger partial charge in [-0.2, -0.15) is 0 Å². The number of benzene rings is 1. The molecule has 3 atom stereocenters. The SMILES string of the molecule is O=C(C[C@@H]1C[C@@H]2CC[C@@H]1C2)NCc1ccccc1. The number of fused-ring (bicyclic) bond motifs is 2. The second-order valence-corrected chi connectivity index (χ2v) is 5.90. The van der Waals surface area contributed by atoms with Gasteiger partial charge in [0.1, 0.15) is 0 Å². The van der Waals surface area contributed by atoms with Crippen LogP contribution in [0.15, 0.2) is 30.3 Å². The van der Waals surface area contributed by atoms with E-state index in [1.165, 1.54) is 31.2 Å². The van der Waals surface area contributed by atoms with Crippen LogP contribution in [-0.2, 0) is 11.3 Å². The molecular formula is C16H21NO. The number of carbonyl (C=O) groups excluding carboxylic acids is 1. The molecule has 0 heterocycles. The standard InChI is InChI=1S/C16H21NO/c18-16(17-11-12-4-2-1-3-5-12)10-15-9-13-6-7-14(15)8-13/h1-5,13-15H,6-11H2,(H,17,18)/t13-,14-,15+/m1/s1. The lowest BCUT2D eigenvalue weighted by atomic mass is 9.86. The smallest absolute Gasteiger partial charge is 0.220 e. The van der Waals surface area contributed by atoms with Gasteiger partial charge in [0.15, 0.2) is 0 Å². The van der Waals surface area contributed by atoms with Gasteiger partial charge in [-0.15, -0.1) is 0 Å². The summed E-state index contributed by atoms with van der Waals surface area (Å²) in [6, 6.07) is 10.1. The van der Waals surface area contributed by atoms with Crippen molar-refractivity contribution in [3.05, 3.63) is 35.9 Å². The highest BCUT2D eigenvalue weighted by atomic mass is 16.1. The molecule has 18 heavy (non-hydrogen) atoms. The van der Waals surface area contributed by atoms with E-state index < -0.39 is 0 Å². The van der Waals surface area contributed by atoms with Gasteiger partial charge in [-0.3, -0.25) is 4.79 Å². The summed E-state index contributed by atoms with van der Waals surface area (Å²) in [5, 5.41) is 3.05. The third kappa shape index (κ3) is 2.58. The zero-order chi connectivity index (χ0) is 12.4. The molecule has 2 bridgehead atoms. The van der Waals surface area contributed by atoms with E-state index >= 15 is 0 Å². The molecule has 1 aromatic rings. The highest BCUT2D eigenvalue weighted by molar-refractivity contribution is 5.76. The molecule has 0 aromatic heterocycles. The largest absolute Gasteiger partial charge is 0.352 e. The van der Waals surface area contributed by atoms with E-state index in [0.29, 0.717) is 12.5 Å². The third-order valence-corrected chi connectivity index (χ3v) is 4.66. The van der Waals surface area contributed by atoms with Crippen LogP contribution < -0.4 is 5.32 Å². The Morgan fingerprint density at radius 1 is 1.17 bits per heavy atom. The molecule has 2 aliphatic rings. The van der Waals surface area contributed by atoms with Crippen LogP contribution in [0.2, 0.25) is 0 Å². The van der Waals surface area contributed by atoms with E-state index in [-0.39, 0.29) is 5.91 Å². The lowest BCUT2D eigenvalue weighted by Gasteiger charge is -2.20. The van der Waals surface area contributed by atoms with Crippen LogP contribution in [0.5, 0.6) is 0 Å². The number of amides is 1. The van der Waals surface area contributed by atoms with Gasteiger partial charge in [0.2, 0.25) is 5.91 Å². The summed E-state index contributed by atoms with van der Waals surface area (Å²) in [6.07, 6.45) is 6.20. The first-order valence-corrected chi connectivity index (χ1v) is 7.12. The van der Waals surface area contributed by atoms with Crippen molar-refractivity contribution in [3.8, 4) is 0 Å². The van der Waals surface area contributed by atoms with E-state index in [2.05, 4.69) is 17.4 Å². The fourth-order valence-electron chi connectivity index (χ4n) is 3.73. The molecule has 0 saturated heterocycles. The maximum atomic E-state index is 11.9. The van der Waals surface area contributed by atoms with Gasteiger partial charge in [0.25, 0.3) is 0 Å². The molecule has 1 aromatic carbocycles. The maximum absolute atomic E-state index is 11.9. The predicted molar refractivity (Wildman–Crippen MR) is 71.8 cm³/mol.